The number of aryl methyl sites for hydroxylation is 2. The second-order valence-electron chi connectivity index (χ2n) is 11.1. The van der Waals surface area contributed by atoms with Gasteiger partial charge in [-0.05, 0) is 55.7 Å². The Morgan fingerprint density at radius 2 is 1.14 bits per heavy atom. The minimum absolute atomic E-state index is 0.149. The molecule has 42 heavy (non-hydrogen) atoms. The molecule has 13 nitrogen and oxygen atoms in total. The predicted octanol–water partition coefficient (Wildman–Crippen LogP) is 0.0813. The molecule has 2 aromatic carbocycles. The summed E-state index contributed by atoms with van der Waals surface area (Å²) >= 11 is 0. The van der Waals surface area contributed by atoms with E-state index >= 15 is 0 Å². The number of fused-ring (bicyclic) bond motifs is 2. The molecule has 3 aliphatic heterocycles. The van der Waals surface area contributed by atoms with E-state index in [1.54, 1.807) is 0 Å². The number of carboxylic acid groups (broad SMARTS) is 1. The van der Waals surface area contributed by atoms with Gasteiger partial charge in [0.05, 0.1) is 68.6 Å². The van der Waals surface area contributed by atoms with Crippen molar-refractivity contribution in [3.63, 3.8) is 0 Å². The van der Waals surface area contributed by atoms with Crippen LogP contribution in [0.3, 0.4) is 0 Å². The number of hydrogen-bond donors (Lipinski definition) is 2. The van der Waals surface area contributed by atoms with Crippen LogP contribution in [0.4, 0.5) is 0 Å². The average molecular weight is 663 g/mol. The summed E-state index contributed by atoms with van der Waals surface area (Å²) < 4.78 is 111. The molecular weight excluding hydrogens is 633 g/mol. The van der Waals surface area contributed by atoms with Gasteiger partial charge in [-0.25, -0.2) is 38.5 Å². The Hall–Kier alpha value is -2.41. The van der Waals surface area contributed by atoms with Crippen molar-refractivity contribution >= 4 is 45.7 Å². The van der Waals surface area contributed by atoms with Gasteiger partial charge in [0.1, 0.15) is 0 Å². The van der Waals surface area contributed by atoms with Crippen molar-refractivity contribution in [2.24, 2.45) is 0 Å². The molecule has 0 aliphatic carbocycles. The topological polar surface area (TPSA) is 201 Å². The van der Waals surface area contributed by atoms with Crippen LogP contribution in [0, 0.1) is 13.8 Å². The second-order valence-corrected chi connectivity index (χ2v) is 19.0. The lowest BCUT2D eigenvalue weighted by Crippen LogP contribution is -2.70. The summed E-state index contributed by atoms with van der Waals surface area (Å²) in [6, 6.07) is 1.80. The molecular formula is C25H30N2O11S4. The monoisotopic (exact) mass is 662 g/mol. The molecule has 0 aromatic heterocycles. The zero-order chi connectivity index (χ0) is 31.2. The average Bonchev–Trinajstić information content (AvgIpc) is 3.34. The molecule has 0 unspecified atom stereocenters. The van der Waals surface area contributed by atoms with Crippen LogP contribution in [0.25, 0.3) is 0 Å². The number of piperazine rings is 1. The highest BCUT2D eigenvalue weighted by Crippen LogP contribution is 2.44. The molecule has 3 saturated heterocycles. The van der Waals surface area contributed by atoms with Crippen LogP contribution in [0.2, 0.25) is 0 Å². The molecule has 17 heteroatoms. The standard InChI is InChI=1S/C25H30N2O11S4/c1-14-4-6-17(16(3)28)8-23(14)41(35,36)26-19-10-39(31,32)12-21(19)27(22-13-40(33,34)11-20(22)26)42(37,38)24-9-18(25(29)30)7-5-15(24)2/h4-9,16,19-22,28H,10-13H2,1-3H3,(H,29,30)/t16-,19-,20+,21+,22-/m0/s1. The Kier molecular flexibility index (Phi) is 7.44. The zero-order valence-electron chi connectivity index (χ0n) is 22.8. The number of hydrogen-bond acceptors (Lipinski definition) is 10. The first kappa shape index (κ1) is 31.0. The maximum absolute atomic E-state index is 14.3. The Balaban J connectivity index is 1.74. The number of benzene rings is 2. The smallest absolute Gasteiger partial charge is 0.335 e. The lowest BCUT2D eigenvalue weighted by Gasteiger charge is -2.49. The van der Waals surface area contributed by atoms with Gasteiger partial charge in [-0.2, -0.15) is 8.61 Å². The van der Waals surface area contributed by atoms with Crippen LogP contribution in [0.15, 0.2) is 46.2 Å². The fraction of sp³-hybridized carbons (Fsp3) is 0.480. The van der Waals surface area contributed by atoms with E-state index in [4.69, 9.17) is 0 Å². The van der Waals surface area contributed by atoms with Gasteiger partial charge < -0.3 is 10.2 Å². The van der Waals surface area contributed by atoms with Crippen molar-refractivity contribution in [1.82, 2.24) is 8.61 Å². The van der Waals surface area contributed by atoms with Gasteiger partial charge in [-0.3, -0.25) is 0 Å². The van der Waals surface area contributed by atoms with Crippen LogP contribution in [0.5, 0.6) is 0 Å². The number of aliphatic hydroxyl groups excluding tert-OH is 1. The predicted molar refractivity (Wildman–Crippen MR) is 150 cm³/mol. The lowest BCUT2D eigenvalue weighted by molar-refractivity contribution is 0.0696. The first-order valence-electron chi connectivity index (χ1n) is 12.9. The van der Waals surface area contributed by atoms with Crippen molar-refractivity contribution < 1.29 is 48.7 Å². The molecule has 2 N–H and O–H groups in total. The summed E-state index contributed by atoms with van der Waals surface area (Å²) in [5, 5.41) is 19.6. The molecule has 230 valence electrons. The van der Waals surface area contributed by atoms with Crippen LogP contribution >= 0.6 is 0 Å². The Bertz CT molecular complexity index is 1870. The van der Waals surface area contributed by atoms with Crippen molar-refractivity contribution in [1.29, 1.82) is 0 Å². The lowest BCUT2D eigenvalue weighted by atomic mass is 10.0. The SMILES string of the molecule is Cc1ccc(C(=O)O)cc1S(=O)(=O)N1[C@@H]2CS(=O)(=O)C[C@@H]2N(S(=O)(=O)c2cc([C@H](C)O)ccc2C)[C@@H]2CS(=O)(=O)C[C@@H]21. The highest BCUT2D eigenvalue weighted by Gasteiger charge is 2.64. The molecule has 0 saturated carbocycles. The van der Waals surface area contributed by atoms with Gasteiger partial charge in [-0.15, -0.1) is 0 Å². The Morgan fingerprint density at radius 3 is 1.52 bits per heavy atom. The zero-order valence-corrected chi connectivity index (χ0v) is 26.0. The maximum Gasteiger partial charge on any atom is 0.335 e. The number of aliphatic hydroxyl groups is 1. The largest absolute Gasteiger partial charge is 0.478 e. The van der Waals surface area contributed by atoms with Crippen LogP contribution < -0.4 is 0 Å². The summed E-state index contributed by atoms with van der Waals surface area (Å²) in [7, 11) is -17.4. The molecule has 3 aliphatic rings. The highest BCUT2D eigenvalue weighted by atomic mass is 32.2. The maximum atomic E-state index is 14.3. The summed E-state index contributed by atoms with van der Waals surface area (Å²) in [4.78, 5) is 10.9. The second kappa shape index (κ2) is 10.1. The first-order chi connectivity index (χ1) is 19.3. The van der Waals surface area contributed by atoms with Gasteiger partial charge in [0.25, 0.3) is 0 Å². The van der Waals surface area contributed by atoms with Gasteiger partial charge in [-0.1, -0.05) is 18.2 Å². The molecule has 2 aromatic rings. The fourth-order valence-electron chi connectivity index (χ4n) is 6.19. The third-order valence-corrected chi connectivity index (χ3v) is 15.7. The first-order valence-corrected chi connectivity index (χ1v) is 19.4. The molecule has 5 rings (SSSR count). The van der Waals surface area contributed by atoms with E-state index in [2.05, 4.69) is 0 Å². The molecule has 0 amide bonds. The molecule has 0 spiro atoms. The van der Waals surface area contributed by atoms with Crippen molar-refractivity contribution in [2.75, 3.05) is 23.0 Å². The van der Waals surface area contributed by atoms with Gasteiger partial charge in [0.15, 0.2) is 19.7 Å². The minimum atomic E-state index is -4.73. The molecule has 5 atom stereocenters. The molecule has 0 bridgehead atoms. The van der Waals surface area contributed by atoms with E-state index < -0.39 is 104 Å². The van der Waals surface area contributed by atoms with E-state index in [1.807, 2.05) is 0 Å². The highest BCUT2D eigenvalue weighted by molar-refractivity contribution is 7.93. The van der Waals surface area contributed by atoms with E-state index in [-0.39, 0.29) is 27.1 Å². The number of carbonyl (C=O) groups is 1. The Morgan fingerprint density at radius 1 is 0.762 bits per heavy atom. The number of carboxylic acids is 1. The number of sulfone groups is 2. The quantitative estimate of drug-likeness (QED) is 0.424. The van der Waals surface area contributed by atoms with Gasteiger partial charge >= 0.3 is 5.97 Å². The van der Waals surface area contributed by atoms with Crippen molar-refractivity contribution in [3.8, 4) is 0 Å². The molecule has 0 radical (unpaired) electrons. The summed E-state index contributed by atoms with van der Waals surface area (Å²) in [6.45, 7) is 4.36. The van der Waals surface area contributed by atoms with Gasteiger partial charge in [0.2, 0.25) is 20.0 Å². The van der Waals surface area contributed by atoms with Crippen LogP contribution in [0.1, 0.15) is 40.1 Å². The minimum Gasteiger partial charge on any atom is -0.478 e. The van der Waals surface area contributed by atoms with E-state index in [0.717, 1.165) is 14.7 Å². The summed E-state index contributed by atoms with van der Waals surface area (Å²) in [6.07, 6.45) is -1.04. The van der Waals surface area contributed by atoms with Crippen molar-refractivity contribution in [3.05, 3.63) is 58.7 Å². The summed E-state index contributed by atoms with van der Waals surface area (Å²) in [5.74, 6) is -4.39. The van der Waals surface area contributed by atoms with E-state index in [1.165, 1.54) is 51.1 Å². The molecule has 3 heterocycles. The van der Waals surface area contributed by atoms with Crippen LogP contribution in [-0.2, 0) is 39.7 Å². The fourth-order valence-corrected chi connectivity index (χ4v) is 14.7. The normalized spacial score (nSPS) is 28.2. The number of nitrogens with zero attached hydrogens (tertiary/aromatic N) is 2. The number of rotatable bonds is 6. The Labute approximate surface area is 244 Å². The van der Waals surface area contributed by atoms with Gasteiger partial charge in [0, 0.05) is 0 Å². The number of aromatic carboxylic acids is 1. The van der Waals surface area contributed by atoms with E-state index in [0.29, 0.717) is 0 Å². The van der Waals surface area contributed by atoms with Crippen molar-refractivity contribution in [2.45, 2.75) is 60.8 Å². The number of sulfonamides is 2. The third kappa shape index (κ3) is 5.07. The third-order valence-electron chi connectivity index (χ3n) is 8.14. The summed E-state index contributed by atoms with van der Waals surface area (Å²) in [5.41, 5.74) is 0.334. The molecule has 3 fully saturated rings. The van der Waals surface area contributed by atoms with Crippen LogP contribution in [-0.4, -0.2) is 106 Å². The van der Waals surface area contributed by atoms with E-state index in [9.17, 15) is 48.7 Å².